The summed E-state index contributed by atoms with van der Waals surface area (Å²) in [6.45, 7) is 5.68. The fraction of sp³-hybridized carbons (Fsp3) is 0.571. The van der Waals surface area contributed by atoms with Crippen LogP contribution in [0.2, 0.25) is 0 Å². The van der Waals surface area contributed by atoms with E-state index in [1.807, 2.05) is 6.92 Å². The van der Waals surface area contributed by atoms with E-state index in [-0.39, 0.29) is 17.7 Å². The van der Waals surface area contributed by atoms with E-state index < -0.39 is 4.92 Å². The van der Waals surface area contributed by atoms with E-state index in [0.717, 1.165) is 18.8 Å². The molecule has 0 amide bonds. The first-order valence-electron chi connectivity index (χ1n) is 6.87. The maximum atomic E-state index is 11.0. The van der Waals surface area contributed by atoms with Crippen LogP contribution in [0.15, 0.2) is 18.2 Å². The van der Waals surface area contributed by atoms with Crippen LogP contribution < -0.4 is 9.64 Å². The second-order valence-electron chi connectivity index (χ2n) is 5.12. The van der Waals surface area contributed by atoms with Gasteiger partial charge in [0.05, 0.1) is 17.6 Å². The monoisotopic (exact) mass is 280 g/mol. The number of nitrogens with zero attached hydrogens (tertiary/aromatic N) is 2. The van der Waals surface area contributed by atoms with Gasteiger partial charge in [0.15, 0.2) is 5.75 Å². The summed E-state index contributed by atoms with van der Waals surface area (Å²) in [5.41, 5.74) is 0.887. The van der Waals surface area contributed by atoms with Crippen LogP contribution in [0.25, 0.3) is 0 Å². The van der Waals surface area contributed by atoms with Crippen molar-refractivity contribution in [2.45, 2.75) is 26.4 Å². The second-order valence-corrected chi connectivity index (χ2v) is 5.12. The van der Waals surface area contributed by atoms with Crippen LogP contribution in [0.4, 0.5) is 11.4 Å². The normalized spacial score (nSPS) is 22.6. The number of anilines is 1. The number of hydrogen-bond donors (Lipinski definition) is 1. The van der Waals surface area contributed by atoms with E-state index >= 15 is 0 Å². The summed E-state index contributed by atoms with van der Waals surface area (Å²) < 4.78 is 5.36. The van der Waals surface area contributed by atoms with Gasteiger partial charge in [0.2, 0.25) is 0 Å². The Bertz CT molecular complexity index is 492. The van der Waals surface area contributed by atoms with Gasteiger partial charge in [0.1, 0.15) is 0 Å². The van der Waals surface area contributed by atoms with Crippen molar-refractivity contribution in [1.82, 2.24) is 0 Å². The van der Waals surface area contributed by atoms with E-state index in [9.17, 15) is 15.2 Å². The molecule has 6 nitrogen and oxygen atoms in total. The van der Waals surface area contributed by atoms with Gasteiger partial charge in [0.25, 0.3) is 0 Å². The third kappa shape index (κ3) is 3.01. The first-order valence-corrected chi connectivity index (χ1v) is 6.87. The molecule has 0 radical (unpaired) electrons. The Hall–Kier alpha value is -1.82. The van der Waals surface area contributed by atoms with E-state index in [0.29, 0.717) is 18.8 Å². The largest absolute Gasteiger partial charge is 0.487 e. The molecular weight excluding hydrogens is 260 g/mol. The molecular formula is C14H20N2O4. The molecule has 2 rings (SSSR count). The predicted octanol–water partition coefficient (Wildman–Crippen LogP) is 2.20. The smallest absolute Gasteiger partial charge is 0.311 e. The molecule has 0 saturated carbocycles. The van der Waals surface area contributed by atoms with Crippen LogP contribution in [-0.4, -0.2) is 35.8 Å². The molecule has 0 bridgehead atoms. The van der Waals surface area contributed by atoms with Crippen molar-refractivity contribution in [2.75, 3.05) is 24.6 Å². The summed E-state index contributed by atoms with van der Waals surface area (Å²) in [6.07, 6.45) is 0.443. The molecule has 20 heavy (non-hydrogen) atoms. The lowest BCUT2D eigenvalue weighted by Gasteiger charge is -2.36. The van der Waals surface area contributed by atoms with Gasteiger partial charge in [0, 0.05) is 30.9 Å². The summed E-state index contributed by atoms with van der Waals surface area (Å²) in [5.74, 6) is 0.489. The summed E-state index contributed by atoms with van der Waals surface area (Å²) in [6, 6.07) is 4.94. The molecule has 1 heterocycles. The highest BCUT2D eigenvalue weighted by Crippen LogP contribution is 2.33. The van der Waals surface area contributed by atoms with Gasteiger partial charge in [-0.1, -0.05) is 6.92 Å². The molecule has 0 spiro atoms. The fourth-order valence-electron chi connectivity index (χ4n) is 2.49. The molecule has 1 aromatic carbocycles. The Kier molecular flexibility index (Phi) is 4.44. The summed E-state index contributed by atoms with van der Waals surface area (Å²) in [4.78, 5) is 12.7. The van der Waals surface area contributed by atoms with Gasteiger partial charge in [-0.2, -0.15) is 0 Å². The van der Waals surface area contributed by atoms with Crippen molar-refractivity contribution < 1.29 is 14.8 Å². The summed E-state index contributed by atoms with van der Waals surface area (Å²) >= 11 is 0. The number of rotatable bonds is 4. The predicted molar refractivity (Wildman–Crippen MR) is 76.3 cm³/mol. The number of aliphatic hydroxyl groups excluding tert-OH is 1. The molecule has 110 valence electrons. The van der Waals surface area contributed by atoms with Crippen LogP contribution in [0, 0.1) is 16.0 Å². The van der Waals surface area contributed by atoms with Crippen LogP contribution >= 0.6 is 0 Å². The number of aliphatic hydroxyl groups is 1. The molecule has 1 saturated heterocycles. The van der Waals surface area contributed by atoms with Crippen LogP contribution in [0.3, 0.4) is 0 Å². The standard InChI is InChI=1S/C14H20N2O4/c1-3-20-14-8-11(4-5-12(14)16(18)19)15-7-6-13(17)10(2)9-15/h4-5,8,10,13,17H,3,6-7,9H2,1-2H3. The van der Waals surface area contributed by atoms with Crippen LogP contribution in [-0.2, 0) is 0 Å². The average Bonchev–Trinajstić information content (AvgIpc) is 2.42. The molecule has 2 unspecified atom stereocenters. The highest BCUT2D eigenvalue weighted by atomic mass is 16.6. The number of hydrogen-bond acceptors (Lipinski definition) is 5. The topological polar surface area (TPSA) is 75.8 Å². The van der Waals surface area contributed by atoms with E-state index in [4.69, 9.17) is 4.74 Å². The van der Waals surface area contributed by atoms with E-state index in [1.54, 1.807) is 19.1 Å². The molecule has 1 fully saturated rings. The zero-order chi connectivity index (χ0) is 14.7. The van der Waals surface area contributed by atoms with Crippen LogP contribution in [0.5, 0.6) is 5.75 Å². The van der Waals surface area contributed by atoms with E-state index in [2.05, 4.69) is 4.90 Å². The second kappa shape index (κ2) is 6.09. The third-order valence-corrected chi connectivity index (χ3v) is 3.67. The Morgan fingerprint density at radius 1 is 1.55 bits per heavy atom. The maximum absolute atomic E-state index is 11.0. The SMILES string of the molecule is CCOc1cc(N2CCC(O)C(C)C2)ccc1[N+](=O)[O-]. The minimum atomic E-state index is -0.433. The zero-order valence-corrected chi connectivity index (χ0v) is 11.8. The zero-order valence-electron chi connectivity index (χ0n) is 11.8. The van der Waals surface area contributed by atoms with Gasteiger partial charge in [-0.15, -0.1) is 0 Å². The van der Waals surface area contributed by atoms with Crippen molar-refractivity contribution in [3.63, 3.8) is 0 Å². The molecule has 1 N–H and O–H groups in total. The lowest BCUT2D eigenvalue weighted by Crippen LogP contribution is -2.41. The Labute approximate surface area is 118 Å². The molecule has 6 heteroatoms. The van der Waals surface area contributed by atoms with Crippen molar-refractivity contribution in [2.24, 2.45) is 5.92 Å². The molecule has 1 aromatic rings. The highest BCUT2D eigenvalue weighted by molar-refractivity contribution is 5.59. The lowest BCUT2D eigenvalue weighted by molar-refractivity contribution is -0.385. The lowest BCUT2D eigenvalue weighted by atomic mass is 9.96. The quantitative estimate of drug-likeness (QED) is 0.676. The number of benzene rings is 1. The maximum Gasteiger partial charge on any atom is 0.311 e. The fourth-order valence-corrected chi connectivity index (χ4v) is 2.49. The average molecular weight is 280 g/mol. The van der Waals surface area contributed by atoms with Gasteiger partial charge in [-0.05, 0) is 25.3 Å². The number of ether oxygens (including phenoxy) is 1. The minimum Gasteiger partial charge on any atom is -0.487 e. The highest BCUT2D eigenvalue weighted by Gasteiger charge is 2.25. The van der Waals surface area contributed by atoms with Crippen molar-refractivity contribution >= 4 is 11.4 Å². The third-order valence-electron chi connectivity index (χ3n) is 3.67. The first kappa shape index (κ1) is 14.6. The molecule has 0 aromatic heterocycles. The molecule has 0 aliphatic carbocycles. The first-order chi connectivity index (χ1) is 9.52. The van der Waals surface area contributed by atoms with Gasteiger partial charge < -0.3 is 14.7 Å². The molecule has 1 aliphatic heterocycles. The summed E-state index contributed by atoms with van der Waals surface area (Å²) in [5, 5.41) is 20.7. The van der Waals surface area contributed by atoms with Crippen molar-refractivity contribution in [3.8, 4) is 5.75 Å². The number of nitro benzene ring substituents is 1. The minimum absolute atomic E-state index is 0.0132. The Balaban J connectivity index is 2.24. The number of nitro groups is 1. The van der Waals surface area contributed by atoms with Crippen molar-refractivity contribution in [3.05, 3.63) is 28.3 Å². The summed E-state index contributed by atoms with van der Waals surface area (Å²) in [7, 11) is 0. The van der Waals surface area contributed by atoms with Crippen LogP contribution in [0.1, 0.15) is 20.3 Å². The van der Waals surface area contributed by atoms with Gasteiger partial charge >= 0.3 is 5.69 Å². The van der Waals surface area contributed by atoms with Gasteiger partial charge in [-0.3, -0.25) is 10.1 Å². The Morgan fingerprint density at radius 2 is 2.30 bits per heavy atom. The number of piperidine rings is 1. The molecule has 1 aliphatic rings. The Morgan fingerprint density at radius 3 is 2.90 bits per heavy atom. The van der Waals surface area contributed by atoms with Gasteiger partial charge in [-0.25, -0.2) is 0 Å². The van der Waals surface area contributed by atoms with Crippen molar-refractivity contribution in [1.29, 1.82) is 0 Å². The van der Waals surface area contributed by atoms with E-state index in [1.165, 1.54) is 6.07 Å². The molecule has 2 atom stereocenters.